The number of carbonyl (C=O) groups is 3. The fraction of sp³-hybridized carbons (Fsp3) is 0.750. The number of allylic oxidation sites excluding steroid dienone is 2. The number of phosphoric acid groups is 1. The molecule has 0 spiro atoms. The van der Waals surface area contributed by atoms with E-state index in [0.717, 1.165) is 51.4 Å². The minimum absolute atomic E-state index is 0.0289. The Morgan fingerprint density at radius 2 is 0.990 bits per heavy atom. The Morgan fingerprint density at radius 1 is 0.525 bits per heavy atom. The molecular weight excluding hydrogens is 1290 g/mol. The SMILES string of the molecule is C=CCOC[C@H]1O[C@H](O[C@@H]2[C@@H](OCC=C)[C@H](OC(=O)OCC=C)[C@@H](OCC=C)[C@@H](OC(=O)CCCCCCCCCCCCCCC)[C@H]2OP(=O)(OCC=C)OC[C@H](COC(=O)CCCCCCCCCCCCCCCCCCC/C=C\C)OCC=C)[C@H](N=[N+]=[N-])[C@@H](OCC=C)[C@@H]1O. The lowest BCUT2D eigenvalue weighted by Gasteiger charge is -2.51. The van der Waals surface area contributed by atoms with Gasteiger partial charge in [0.2, 0.25) is 0 Å². The van der Waals surface area contributed by atoms with Crippen LogP contribution in [0.1, 0.15) is 226 Å². The molecule has 0 radical (unpaired) electrons. The van der Waals surface area contributed by atoms with Crippen molar-refractivity contribution in [2.75, 3.05) is 66.1 Å². The van der Waals surface area contributed by atoms with Crippen molar-refractivity contribution in [3.63, 3.8) is 0 Å². The first-order valence-corrected chi connectivity index (χ1v) is 38.5. The molecule has 1 saturated heterocycles. The second kappa shape index (κ2) is 60.8. The van der Waals surface area contributed by atoms with Gasteiger partial charge in [0, 0.05) is 17.8 Å². The van der Waals surface area contributed by atoms with E-state index in [4.69, 9.17) is 65.7 Å². The summed E-state index contributed by atoms with van der Waals surface area (Å²) in [6.45, 7) is 28.1. The van der Waals surface area contributed by atoms with Gasteiger partial charge in [0.25, 0.3) is 0 Å². The highest BCUT2D eigenvalue weighted by atomic mass is 31.2. The molecule has 2 aliphatic rings. The Bertz CT molecular complexity index is 2310. The smallest absolute Gasteiger partial charge is 0.463 e. The molecular formula is C76H128N3O19P. The molecule has 0 aromatic rings. The van der Waals surface area contributed by atoms with Gasteiger partial charge in [-0.3, -0.25) is 23.2 Å². The third-order valence-electron chi connectivity index (χ3n) is 17.0. The molecule has 0 bridgehead atoms. The van der Waals surface area contributed by atoms with Gasteiger partial charge < -0.3 is 57.2 Å². The van der Waals surface area contributed by atoms with Gasteiger partial charge in [-0.05, 0) is 38.1 Å². The van der Waals surface area contributed by atoms with Crippen molar-refractivity contribution in [2.45, 2.75) is 299 Å². The molecule has 1 unspecified atom stereocenters. The van der Waals surface area contributed by atoms with Crippen molar-refractivity contribution in [3.05, 3.63) is 111 Å². The van der Waals surface area contributed by atoms with E-state index in [1.807, 2.05) is 0 Å². The van der Waals surface area contributed by atoms with Crippen molar-refractivity contribution in [1.29, 1.82) is 0 Å². The first-order valence-electron chi connectivity index (χ1n) is 37.1. The molecule has 2 fully saturated rings. The Hall–Kier alpha value is -4.77. The van der Waals surface area contributed by atoms with Crippen LogP contribution in [-0.2, 0) is 79.8 Å². The fourth-order valence-electron chi connectivity index (χ4n) is 11.8. The third kappa shape index (κ3) is 41.2. The Kier molecular flexibility index (Phi) is 55.4. The summed E-state index contributed by atoms with van der Waals surface area (Å²) in [5.41, 5.74) is 10.1. The Morgan fingerprint density at radius 3 is 1.48 bits per heavy atom. The van der Waals surface area contributed by atoms with Crippen molar-refractivity contribution >= 4 is 25.9 Å². The van der Waals surface area contributed by atoms with E-state index in [1.54, 1.807) is 0 Å². The number of rotatable bonds is 67. The van der Waals surface area contributed by atoms with Crippen LogP contribution in [0.5, 0.6) is 0 Å². The summed E-state index contributed by atoms with van der Waals surface area (Å²) in [5, 5.41) is 15.8. The van der Waals surface area contributed by atoms with Gasteiger partial charge in [0.05, 0.1) is 59.0 Å². The predicted molar refractivity (Wildman–Crippen MR) is 388 cm³/mol. The van der Waals surface area contributed by atoms with Crippen LogP contribution in [0.25, 0.3) is 10.4 Å². The van der Waals surface area contributed by atoms with Gasteiger partial charge in [0.15, 0.2) is 18.5 Å². The summed E-state index contributed by atoms with van der Waals surface area (Å²) >= 11 is 0. The number of ether oxygens (including phenoxy) is 11. The zero-order chi connectivity index (χ0) is 72.2. The minimum Gasteiger partial charge on any atom is -0.463 e. The number of nitrogens with zero attached hydrogens (tertiary/aromatic N) is 3. The predicted octanol–water partition coefficient (Wildman–Crippen LogP) is 18.0. The van der Waals surface area contributed by atoms with E-state index in [0.29, 0.717) is 19.3 Å². The molecule has 1 heterocycles. The van der Waals surface area contributed by atoms with Crippen molar-refractivity contribution < 1.29 is 89.7 Å². The number of phosphoric ester groups is 1. The van der Waals surface area contributed by atoms with Crippen LogP contribution in [-0.4, -0.2) is 163 Å². The number of carbonyl (C=O) groups excluding carboxylic acids is 3. The lowest BCUT2D eigenvalue weighted by atomic mass is 9.83. The maximum absolute atomic E-state index is 15.7. The van der Waals surface area contributed by atoms with Gasteiger partial charge in [0.1, 0.15) is 62.0 Å². The Balaban J connectivity index is 2.54. The topological polar surface area (TPSA) is 266 Å². The summed E-state index contributed by atoms with van der Waals surface area (Å²) in [5.74, 6) is -1.21. The summed E-state index contributed by atoms with van der Waals surface area (Å²) in [6, 6.07) is -1.53. The van der Waals surface area contributed by atoms with Gasteiger partial charge in [-0.15, -0.1) is 39.5 Å². The maximum atomic E-state index is 15.7. The first-order chi connectivity index (χ1) is 48.3. The molecule has 0 amide bonds. The van der Waals surface area contributed by atoms with Crippen molar-refractivity contribution in [3.8, 4) is 0 Å². The molecule has 23 heteroatoms. The third-order valence-corrected chi connectivity index (χ3v) is 18.4. The van der Waals surface area contributed by atoms with Gasteiger partial charge in [-0.2, -0.15) is 0 Å². The van der Waals surface area contributed by atoms with Crippen LogP contribution in [0.2, 0.25) is 0 Å². The second-order valence-electron chi connectivity index (χ2n) is 25.2. The number of hydrogen-bond acceptors (Lipinski definition) is 20. The van der Waals surface area contributed by atoms with Crippen LogP contribution in [0, 0.1) is 0 Å². The number of unbranched alkanes of at least 4 members (excludes halogenated alkanes) is 29. The molecule has 2 rings (SSSR count). The monoisotopic (exact) mass is 1420 g/mol. The van der Waals surface area contributed by atoms with E-state index in [1.165, 1.54) is 171 Å². The summed E-state index contributed by atoms with van der Waals surface area (Å²) in [6.07, 6.45) is 31.4. The molecule has 0 aromatic heterocycles. The van der Waals surface area contributed by atoms with E-state index in [-0.39, 0.29) is 65.7 Å². The molecule has 0 aromatic carbocycles. The average molecular weight is 1420 g/mol. The van der Waals surface area contributed by atoms with Crippen molar-refractivity contribution in [2.24, 2.45) is 5.11 Å². The van der Waals surface area contributed by atoms with Gasteiger partial charge >= 0.3 is 25.9 Å². The van der Waals surface area contributed by atoms with Crippen molar-refractivity contribution in [1.82, 2.24) is 0 Å². The van der Waals surface area contributed by atoms with Gasteiger partial charge in [-0.1, -0.05) is 247 Å². The number of aliphatic hydroxyl groups excluding tert-OH is 1. The van der Waals surface area contributed by atoms with Crippen LogP contribution in [0.15, 0.2) is 106 Å². The molecule has 1 N–H and O–H groups in total. The fourth-order valence-corrected chi connectivity index (χ4v) is 13.2. The normalized spacial score (nSPS) is 22.3. The highest BCUT2D eigenvalue weighted by Gasteiger charge is 2.61. The van der Waals surface area contributed by atoms with Crippen LogP contribution < -0.4 is 0 Å². The summed E-state index contributed by atoms with van der Waals surface area (Å²) in [4.78, 5) is 44.7. The minimum atomic E-state index is -5.09. The van der Waals surface area contributed by atoms with Gasteiger partial charge in [-0.25, -0.2) is 9.36 Å². The number of esters is 2. The average Bonchev–Trinajstić information content (AvgIpc) is 0.752. The van der Waals surface area contributed by atoms with E-state index in [2.05, 4.69) is 82.1 Å². The Labute approximate surface area is 594 Å². The number of aliphatic hydroxyl groups is 1. The number of hydrogen-bond donors (Lipinski definition) is 1. The highest BCUT2D eigenvalue weighted by Crippen LogP contribution is 2.54. The van der Waals surface area contributed by atoms with Crippen LogP contribution >= 0.6 is 7.82 Å². The molecule has 99 heavy (non-hydrogen) atoms. The highest BCUT2D eigenvalue weighted by molar-refractivity contribution is 7.48. The molecule has 22 nitrogen and oxygen atoms in total. The zero-order valence-corrected chi connectivity index (χ0v) is 61.5. The lowest BCUT2D eigenvalue weighted by molar-refractivity contribution is -0.324. The maximum Gasteiger partial charge on any atom is 0.509 e. The van der Waals surface area contributed by atoms with E-state index >= 15 is 4.57 Å². The summed E-state index contributed by atoms with van der Waals surface area (Å²) < 4.78 is 102. The summed E-state index contributed by atoms with van der Waals surface area (Å²) in [7, 11) is -5.09. The quantitative estimate of drug-likeness (QED) is 0.00866. The van der Waals surface area contributed by atoms with E-state index < -0.39 is 113 Å². The molecule has 1 aliphatic carbocycles. The molecule has 13 atom stereocenters. The first kappa shape index (κ1) is 90.3. The lowest BCUT2D eigenvalue weighted by Crippen LogP contribution is -2.69. The van der Waals surface area contributed by atoms with Crippen LogP contribution in [0.4, 0.5) is 4.79 Å². The van der Waals surface area contributed by atoms with Crippen LogP contribution in [0.3, 0.4) is 0 Å². The molecule has 1 aliphatic heterocycles. The van der Waals surface area contributed by atoms with E-state index in [9.17, 15) is 25.0 Å². The second-order valence-corrected chi connectivity index (χ2v) is 26.9. The zero-order valence-electron chi connectivity index (χ0n) is 60.6. The molecule has 566 valence electrons. The largest absolute Gasteiger partial charge is 0.509 e. The number of azide groups is 1. The standard InChI is InChI=1S/C76H128N3O19P/c1-10-19-21-23-25-27-29-31-32-33-34-35-36-37-39-40-42-44-46-48-50-64(80)91-59-62(86-53-13-4)60-93-99(84,92-58-18-9)98-74-72(95-65(81)51-49-47-45-43-41-38-30-28-26-24-22-20-11-2)69(88-55-15-6)71(97-76(83)90-57-17-8)70(89-56-16-7)73(74)96-75-66(78-79-77)68(87-54-14-5)67(82)63(94-75)61-85-52-12-3/h10,12-19,62-63,66-75,82H,3-9,11,20-61H2,1-2H3/b19-10-/t62-,63+,66+,67+,68+,69+,70-,71+,72+,73+,74+,75+,99?/m0/s1. The molecule has 1 saturated carbocycles.